The topological polar surface area (TPSA) is 27.6 Å². The van der Waals surface area contributed by atoms with Gasteiger partial charge in [-0.3, -0.25) is 5.21 Å². The summed E-state index contributed by atoms with van der Waals surface area (Å²) in [6, 6.07) is 0. The molecule has 178 valence electrons. The van der Waals surface area contributed by atoms with Gasteiger partial charge in [-0.1, -0.05) is 57.9 Å². The molecule has 0 aromatic rings. The number of hydrogen-bond donors (Lipinski definition) is 1. The van der Waals surface area contributed by atoms with Crippen molar-refractivity contribution in [2.45, 2.75) is 111 Å². The Morgan fingerprint density at radius 2 is 1.78 bits per heavy atom. The number of hydroxylamine groups is 1. The average molecular weight is 441 g/mol. The molecule has 0 bridgehead atoms. The molecule has 3 nitrogen and oxygen atoms in total. The standard InChI is InChI=1S/C29H48N2O/c1-20(2)9-8-10-21(3)29(30-6)18-15-26-24-12-11-22-19-23(31(7)32)13-16-27(22,4)25(24)14-17-28(26,29)5/h6,19-21,24-26,32H,8-18H2,1-5,7H3/q+2. The van der Waals surface area contributed by atoms with Gasteiger partial charge in [0.15, 0.2) is 7.05 Å². The molecule has 3 heteroatoms. The summed E-state index contributed by atoms with van der Waals surface area (Å²) in [5.41, 5.74) is 3.20. The molecular weight excluding hydrogens is 392 g/mol. The van der Waals surface area contributed by atoms with Gasteiger partial charge in [-0.2, -0.15) is 0 Å². The van der Waals surface area contributed by atoms with Crippen LogP contribution in [0.5, 0.6) is 0 Å². The summed E-state index contributed by atoms with van der Waals surface area (Å²) in [4.78, 5) is 4.79. The van der Waals surface area contributed by atoms with Crippen LogP contribution in [0, 0.1) is 47.0 Å². The first kappa shape index (κ1) is 23.8. The molecule has 0 aromatic carbocycles. The zero-order valence-corrected chi connectivity index (χ0v) is 21.7. The van der Waals surface area contributed by atoms with Crippen molar-refractivity contribution < 1.29 is 9.95 Å². The van der Waals surface area contributed by atoms with Crippen LogP contribution < -0.4 is 0 Å². The molecule has 0 amide bonds. The fourth-order valence-corrected chi connectivity index (χ4v) is 9.10. The Kier molecular flexibility index (Phi) is 6.32. The minimum Gasteiger partial charge on any atom is -0.291 e. The Morgan fingerprint density at radius 1 is 1.06 bits per heavy atom. The van der Waals surface area contributed by atoms with Crippen LogP contribution in [0.1, 0.15) is 105 Å². The minimum atomic E-state index is -0.0379. The van der Waals surface area contributed by atoms with Gasteiger partial charge in [0, 0.05) is 24.8 Å². The van der Waals surface area contributed by atoms with Gasteiger partial charge in [-0.25, -0.2) is 0 Å². The van der Waals surface area contributed by atoms with E-state index < -0.39 is 0 Å². The summed E-state index contributed by atoms with van der Waals surface area (Å²) < 4.78 is 1.34. The lowest BCUT2D eigenvalue weighted by Crippen LogP contribution is -2.55. The Balaban J connectivity index is 1.59. The maximum absolute atomic E-state index is 10.00. The maximum atomic E-state index is 10.00. The Labute approximate surface area is 197 Å². The lowest BCUT2D eigenvalue weighted by Gasteiger charge is -2.57. The Morgan fingerprint density at radius 3 is 2.44 bits per heavy atom. The van der Waals surface area contributed by atoms with Gasteiger partial charge < -0.3 is 0 Å². The molecule has 4 aliphatic carbocycles. The summed E-state index contributed by atoms with van der Waals surface area (Å²) in [5, 5.41) is 10.00. The summed E-state index contributed by atoms with van der Waals surface area (Å²) in [6.45, 7) is 18.5. The van der Waals surface area contributed by atoms with Crippen LogP contribution in [-0.4, -0.2) is 28.2 Å². The highest BCUT2D eigenvalue weighted by molar-refractivity contribution is 5.92. The molecule has 0 spiro atoms. The fraction of sp³-hybridized carbons (Fsp3) is 0.862. The molecule has 0 radical (unpaired) electrons. The van der Waals surface area contributed by atoms with E-state index in [1.807, 2.05) is 0 Å². The van der Waals surface area contributed by atoms with Gasteiger partial charge in [-0.05, 0) is 78.8 Å². The summed E-state index contributed by atoms with van der Waals surface area (Å²) >= 11 is 0. The molecule has 0 aromatic heterocycles. The van der Waals surface area contributed by atoms with Gasteiger partial charge in [0.05, 0.1) is 5.41 Å². The van der Waals surface area contributed by atoms with E-state index in [1.165, 1.54) is 68.9 Å². The summed E-state index contributed by atoms with van der Waals surface area (Å²) in [5.74, 6) is 3.68. The van der Waals surface area contributed by atoms with E-state index in [4.69, 9.17) is 11.4 Å². The van der Waals surface area contributed by atoms with Crippen LogP contribution in [0.2, 0.25) is 0 Å². The summed E-state index contributed by atoms with van der Waals surface area (Å²) in [7, 11) is 1.77. The molecule has 0 saturated heterocycles. The highest BCUT2D eigenvalue weighted by atomic mass is 16.5. The first-order chi connectivity index (χ1) is 15.1. The van der Waals surface area contributed by atoms with E-state index >= 15 is 0 Å². The third-order valence-electron chi connectivity index (χ3n) is 11.1. The number of nitrogens with zero attached hydrogens (tertiary/aromatic N) is 2. The lowest BCUT2D eigenvalue weighted by molar-refractivity contribution is -0.754. The van der Waals surface area contributed by atoms with Crippen LogP contribution in [-0.2, 0) is 0 Å². The zero-order valence-electron chi connectivity index (χ0n) is 21.7. The number of rotatable bonds is 5. The lowest BCUT2D eigenvalue weighted by atomic mass is 9.45. The predicted octanol–water partition coefficient (Wildman–Crippen LogP) is 7.59. The molecule has 7 atom stereocenters. The number of hydrogen-bond acceptors (Lipinski definition) is 1. The molecule has 1 N–H and O–H groups in total. The minimum absolute atomic E-state index is 0.0379. The zero-order chi connectivity index (χ0) is 23.3. The second-order valence-corrected chi connectivity index (χ2v) is 12.8. The van der Waals surface area contributed by atoms with Crippen molar-refractivity contribution >= 4 is 5.71 Å². The molecule has 32 heavy (non-hydrogen) atoms. The van der Waals surface area contributed by atoms with Crippen molar-refractivity contribution in [1.29, 1.82) is 0 Å². The first-order valence-electron chi connectivity index (χ1n) is 13.5. The van der Waals surface area contributed by atoms with E-state index in [2.05, 4.69) is 40.7 Å². The molecule has 0 heterocycles. The maximum Gasteiger partial charge on any atom is 0.288 e. The molecule has 3 fully saturated rings. The van der Waals surface area contributed by atoms with Crippen LogP contribution in [0.15, 0.2) is 11.6 Å². The van der Waals surface area contributed by atoms with E-state index in [9.17, 15) is 5.21 Å². The predicted molar refractivity (Wildman–Crippen MR) is 134 cm³/mol. The van der Waals surface area contributed by atoms with Crippen molar-refractivity contribution in [3.05, 3.63) is 16.5 Å². The monoisotopic (exact) mass is 440 g/mol. The van der Waals surface area contributed by atoms with Crippen LogP contribution >= 0.6 is 0 Å². The van der Waals surface area contributed by atoms with Gasteiger partial charge >= 0.3 is 0 Å². The quantitative estimate of drug-likeness (QED) is 0.266. The number of fused-ring (bicyclic) bond motifs is 5. The van der Waals surface area contributed by atoms with Gasteiger partial charge in [0.2, 0.25) is 5.71 Å². The van der Waals surface area contributed by atoms with Crippen molar-refractivity contribution in [2.75, 3.05) is 7.05 Å². The van der Waals surface area contributed by atoms with E-state index in [0.717, 1.165) is 35.8 Å². The first-order valence-corrected chi connectivity index (χ1v) is 13.5. The van der Waals surface area contributed by atoms with Crippen molar-refractivity contribution in [3.63, 3.8) is 0 Å². The molecule has 0 aliphatic heterocycles. The SMILES string of the molecule is C#[N+]C1(C(C)CCCC(C)C)CCC2C3CCC4=CC(=[N+](C)O)CCC4(C)C3CCC21C. The van der Waals surface area contributed by atoms with Gasteiger partial charge in [0.1, 0.15) is 0 Å². The summed E-state index contributed by atoms with van der Waals surface area (Å²) in [6.07, 6.45) is 15.9. The average Bonchev–Trinajstić information content (AvgIpc) is 3.06. The Hall–Kier alpha value is -1.30. The van der Waals surface area contributed by atoms with E-state index in [1.54, 1.807) is 12.6 Å². The van der Waals surface area contributed by atoms with Crippen molar-refractivity contribution in [2.24, 2.45) is 40.4 Å². The van der Waals surface area contributed by atoms with Crippen LogP contribution in [0.3, 0.4) is 0 Å². The largest absolute Gasteiger partial charge is 0.291 e. The molecule has 4 rings (SSSR count). The Bertz CT molecular complexity index is 831. The second-order valence-electron chi connectivity index (χ2n) is 12.8. The highest BCUT2D eigenvalue weighted by Crippen LogP contribution is 2.69. The van der Waals surface area contributed by atoms with Gasteiger partial charge in [-0.15, -0.1) is 0 Å². The van der Waals surface area contributed by atoms with Gasteiger partial charge in [0.25, 0.3) is 12.1 Å². The molecular formula is C29H48N2O+2. The number of allylic oxidation sites excluding steroid dienone is 2. The molecule has 7 unspecified atom stereocenters. The van der Waals surface area contributed by atoms with Crippen LogP contribution in [0.4, 0.5) is 0 Å². The third-order valence-corrected chi connectivity index (χ3v) is 11.1. The fourth-order valence-electron chi connectivity index (χ4n) is 9.10. The normalized spacial score (nSPS) is 43.6. The molecule has 3 saturated carbocycles. The van der Waals surface area contributed by atoms with Crippen molar-refractivity contribution in [3.8, 4) is 6.57 Å². The highest BCUT2D eigenvalue weighted by Gasteiger charge is 2.71. The van der Waals surface area contributed by atoms with Crippen LogP contribution in [0.25, 0.3) is 4.85 Å². The van der Waals surface area contributed by atoms with Crippen molar-refractivity contribution in [1.82, 2.24) is 0 Å². The molecule has 4 aliphatic rings. The smallest absolute Gasteiger partial charge is 0.288 e. The van der Waals surface area contributed by atoms with E-state index in [-0.39, 0.29) is 11.0 Å². The van der Waals surface area contributed by atoms with E-state index in [0.29, 0.717) is 11.3 Å². The third kappa shape index (κ3) is 3.47. The second kappa shape index (κ2) is 8.48.